The number of aryl methyl sites for hydroxylation is 1. The van der Waals surface area contributed by atoms with Gasteiger partial charge in [-0.15, -0.1) is 0 Å². The van der Waals surface area contributed by atoms with Crippen molar-refractivity contribution in [2.45, 2.75) is 338 Å². The van der Waals surface area contributed by atoms with Gasteiger partial charge in [0.05, 0.1) is 111 Å². The van der Waals surface area contributed by atoms with Gasteiger partial charge in [0.15, 0.2) is 11.4 Å². The molecule has 0 N–H and O–H groups in total. The molecule has 20 atom stereocenters. The Hall–Kier alpha value is -8.22. The first kappa shape index (κ1) is 108. The maximum absolute atomic E-state index is 16.1. The van der Waals surface area contributed by atoms with Crippen LogP contribution in [-0.2, 0) is 131 Å². The molecule has 140 heavy (non-hydrogen) atoms. The number of aromatic nitrogens is 6. The number of fused-ring (bicyclic) bond motifs is 17. The van der Waals surface area contributed by atoms with E-state index >= 15 is 17.6 Å². The summed E-state index contributed by atoms with van der Waals surface area (Å²) in [6.45, 7) is 7.65. The van der Waals surface area contributed by atoms with E-state index in [1.54, 1.807) is 62.3 Å². The summed E-state index contributed by atoms with van der Waals surface area (Å²) in [4.78, 5) is 153. The second kappa shape index (κ2) is 47.3. The summed E-state index contributed by atoms with van der Waals surface area (Å²) in [6.07, 6.45) is 31.0. The van der Waals surface area contributed by atoms with Crippen LogP contribution in [0.15, 0.2) is 54.6 Å². The van der Waals surface area contributed by atoms with Crippen molar-refractivity contribution in [2.75, 3.05) is 41.0 Å². The molecule has 6 aliphatic heterocycles. The number of nitrogens with zero attached hydrogens (tertiary/aromatic N) is 9. The van der Waals surface area contributed by atoms with Crippen molar-refractivity contribution in [1.82, 2.24) is 44.6 Å². The summed E-state index contributed by atoms with van der Waals surface area (Å²) in [7, 11) is 4.63. The first-order valence-corrected chi connectivity index (χ1v) is 51.2. The van der Waals surface area contributed by atoms with Gasteiger partial charge in [0.1, 0.15) is 59.1 Å². The van der Waals surface area contributed by atoms with Crippen molar-refractivity contribution >= 4 is 87.6 Å². The van der Waals surface area contributed by atoms with Crippen LogP contribution < -0.4 is 28.4 Å². The van der Waals surface area contributed by atoms with Crippen LogP contribution in [0.2, 0.25) is 0 Å². The molecular formula is C106H134F4N9O18V3-3. The molecule has 0 spiro atoms. The number of ether oxygens (including phenoxy) is 9. The molecule has 27 nitrogen and oxygen atoms in total. The van der Waals surface area contributed by atoms with Crippen LogP contribution in [0.5, 0.6) is 34.9 Å². The van der Waals surface area contributed by atoms with Crippen LogP contribution in [0.25, 0.3) is 33.1 Å². The third-order valence-corrected chi connectivity index (χ3v) is 33.2. The first-order chi connectivity index (χ1) is 66.2. The number of amides is 3. The van der Waals surface area contributed by atoms with E-state index in [4.69, 9.17) is 52.6 Å². The van der Waals surface area contributed by atoms with Gasteiger partial charge in [-0.2, -0.15) is 17.6 Å². The molecule has 10 fully saturated rings. The minimum absolute atomic E-state index is 0. The quantitative estimate of drug-likeness (QED) is 0.0532. The normalized spacial score (nSPS) is 32.0. The maximum atomic E-state index is 16.1. The Morgan fingerprint density at radius 3 is 1.25 bits per heavy atom. The number of carbonyl (C=O) groups is 6. The van der Waals surface area contributed by atoms with Crippen molar-refractivity contribution in [1.29, 1.82) is 0 Å². The number of hydrogen-bond acceptors (Lipinski definition) is 24. The fourth-order valence-electron chi connectivity index (χ4n) is 25.0. The predicted octanol–water partition coefficient (Wildman–Crippen LogP) is 18.2. The van der Waals surface area contributed by atoms with Crippen LogP contribution in [0.3, 0.4) is 0 Å². The van der Waals surface area contributed by atoms with Crippen LogP contribution >= 0.6 is 0 Å². The largest absolute Gasteiger partial charge is 0.540 e. The molecular weight excluding hydrogens is 1920 g/mol. The fourth-order valence-corrected chi connectivity index (χ4v) is 25.0. The van der Waals surface area contributed by atoms with E-state index in [1.165, 1.54) is 24.0 Å². The minimum Gasteiger partial charge on any atom is -0.540 e. The molecule has 7 saturated carbocycles. The number of benzene rings is 3. The molecule has 7 aliphatic carbocycles. The van der Waals surface area contributed by atoms with Gasteiger partial charge in [-0.05, 0) is 230 Å². The summed E-state index contributed by atoms with van der Waals surface area (Å²) in [5.74, 6) is -8.52. The van der Waals surface area contributed by atoms with Crippen LogP contribution in [-0.4, -0.2) is 194 Å². The van der Waals surface area contributed by atoms with Gasteiger partial charge in [-0.1, -0.05) is 129 Å². The van der Waals surface area contributed by atoms with Crippen LogP contribution in [0.1, 0.15) is 282 Å². The summed E-state index contributed by atoms with van der Waals surface area (Å²) in [5.41, 5.74) is 1.67. The zero-order valence-corrected chi connectivity index (χ0v) is 85.8. The molecule has 3 aromatic heterocycles. The molecule has 6 aromatic rings. The van der Waals surface area contributed by atoms with Gasteiger partial charge in [0.25, 0.3) is 11.8 Å². The second-order valence-electron chi connectivity index (χ2n) is 41.8. The Labute approximate surface area is 853 Å². The number of rotatable bonds is 10. The van der Waals surface area contributed by atoms with E-state index in [1.807, 2.05) is 44.6 Å². The third-order valence-electron chi connectivity index (χ3n) is 33.2. The molecule has 3 saturated heterocycles. The minimum atomic E-state index is -3.35. The van der Waals surface area contributed by atoms with Crippen molar-refractivity contribution in [3.63, 3.8) is 0 Å². The number of hydrogen-bond donors (Lipinski definition) is 0. The molecule has 3 radical (unpaired) electrons. The molecule has 757 valence electrons. The van der Waals surface area contributed by atoms with E-state index in [2.05, 4.69) is 26.2 Å². The van der Waals surface area contributed by atoms with Crippen LogP contribution in [0.4, 0.5) is 17.6 Å². The van der Waals surface area contributed by atoms with Crippen LogP contribution in [0, 0.1) is 82.9 Å². The zero-order chi connectivity index (χ0) is 96.1. The summed E-state index contributed by atoms with van der Waals surface area (Å²) >= 11 is 0. The number of halogens is 4. The van der Waals surface area contributed by atoms with Gasteiger partial charge in [-0.3, -0.25) is 28.8 Å². The van der Waals surface area contributed by atoms with Gasteiger partial charge in [-0.25, -0.2) is 48.8 Å². The number of carbonyl (C=O) groups excluding carboxylic acids is 9. The fraction of sp³-hybridized carbons (Fsp3) is 0.689. The Balaban J connectivity index is 0.000000166. The molecule has 34 heteroatoms. The number of esters is 3. The summed E-state index contributed by atoms with van der Waals surface area (Å²) in [5, 5.41) is 0. The predicted molar refractivity (Wildman–Crippen MR) is 498 cm³/mol. The maximum Gasteiger partial charge on any atom is 0.307 e. The molecule has 13 aliphatic rings. The van der Waals surface area contributed by atoms with Crippen molar-refractivity contribution in [3.8, 4) is 34.9 Å². The summed E-state index contributed by atoms with van der Waals surface area (Å²) in [6, 6.07) is 12.7. The van der Waals surface area contributed by atoms with E-state index in [0.29, 0.717) is 102 Å². The van der Waals surface area contributed by atoms with Crippen molar-refractivity contribution in [3.05, 3.63) is 71.7 Å². The average Bonchev–Trinajstić information content (AvgIpc) is 1.69. The number of alkyl halides is 4. The van der Waals surface area contributed by atoms with Gasteiger partial charge in [0.2, 0.25) is 35.4 Å². The Kier molecular flexibility index (Phi) is 36.3. The van der Waals surface area contributed by atoms with E-state index in [9.17, 15) is 43.2 Å². The second-order valence-corrected chi connectivity index (χ2v) is 41.8. The average molecular weight is 2050 g/mol. The standard InChI is InChI=1S/C36H44F2N3O6.C36H46F2N3O6.C34H44N3O6.3V/c1-20-29(19-42)41-18-31(20)47-34-33(39-27-12-11-23(45-2)16-28(27)40-34)36(37,38)13-7-6-10-24-25-14-22(25)15-30(24)46-32(43)17-26(35(41)44)21-8-4-3-5-9-21;1-22-29(21-42)41-20-30(22)46-33-32(39-27-15-14-25(45-3)18-28(27)40-33)36(37,38)17-8-7-12-24-13-9-16-35(24,2)47-31(43)19-26(34(41)44)23-10-5-4-6-11-23;1-3-24-29(20-38)37-19-31(24)43-33-27(35-26-15-14-23(41-2)17-28(26)36-33)13-9-5-8-12-22-16-30(22)42-32(39)18-25(34(37)40)21-10-6-4-7-11-21;;;/h11-12,16,20-22,24-26,29-31H,3-10,13-15,17-18H2,1-2H3;14-15,18,22-24,26,29-30H,4-13,16-17,19-20H2,1-3H3;14-15,17,21-22,24-25,29-31H,3-13,16,18-19H2,1-2H3;;;/q3*-1;;;/t20-,22?,24+,25?,26-,29+,30+,31-;22-,24+,26-,29+,30-,35+;22-,24+,25+,29-,30-,31+;;;/m001.../s1. The van der Waals surface area contributed by atoms with Gasteiger partial charge >= 0.3 is 17.9 Å². The van der Waals surface area contributed by atoms with Crippen molar-refractivity contribution in [2.24, 2.45) is 82.9 Å². The third kappa shape index (κ3) is 24.1. The molecule has 19 rings (SSSR count). The van der Waals surface area contributed by atoms with E-state index in [-0.39, 0.29) is 208 Å². The first-order valence-electron chi connectivity index (χ1n) is 51.2. The Morgan fingerprint density at radius 1 is 0.393 bits per heavy atom. The number of methoxy groups -OCH3 is 3. The monoisotopic (exact) mass is 2050 g/mol. The Morgan fingerprint density at radius 2 is 0.786 bits per heavy atom. The van der Waals surface area contributed by atoms with Crippen molar-refractivity contribution < 1.29 is 159 Å². The van der Waals surface area contributed by atoms with Gasteiger partial charge < -0.3 is 71.7 Å². The van der Waals surface area contributed by atoms with E-state index < -0.39 is 114 Å². The molecule has 6 bridgehead atoms. The van der Waals surface area contributed by atoms with E-state index in [0.717, 1.165) is 165 Å². The SMILES string of the molecule is CC[C@@H]1[C@@H]2CN(C(=O)[C@H](C3CCCCC3)CC(=O)O[C@@H]3C[C@H]3CCCCCc3nc4ccc(OC)cc4nc3O2)[C@@H]1[C-]=O.COc1ccc2nc3c(nc2c1)O[C@H]1CN(C(=O)[C@H](C2CCCCC2)CC(=O)O[C@@H]2CC4CC4[C@H]2CCCCC3(F)F)[C@H]([C-]=O)[C@@H]1C.COc1ccc2nc3c(nc2c1)O[C@H]1CN(C(=O)[C@H](C2CCCCC2)CC(=O)O[C@]2(C)CCC[C@H]2CCCCC3(F)F)[C@H]([C-]=O)[C@@H]1C.[V].[V].[V]. The van der Waals surface area contributed by atoms with Gasteiger partial charge in [0, 0.05) is 86.7 Å². The molecule has 3 aromatic carbocycles. The zero-order valence-electron chi connectivity index (χ0n) is 81.6. The Bertz CT molecular complexity index is 5260. The smallest absolute Gasteiger partial charge is 0.307 e. The molecule has 2 unspecified atom stereocenters. The summed E-state index contributed by atoms with van der Waals surface area (Å²) < 4.78 is 118. The topological polar surface area (TPSA) is 324 Å². The molecule has 9 heterocycles. The molecule has 3 amide bonds.